The topological polar surface area (TPSA) is 78.5 Å². The van der Waals surface area contributed by atoms with Gasteiger partial charge in [0.1, 0.15) is 0 Å². The van der Waals surface area contributed by atoms with Crippen molar-refractivity contribution in [1.82, 2.24) is 15.5 Å². The second kappa shape index (κ2) is 5.77. The fourth-order valence-corrected chi connectivity index (χ4v) is 1.85. The summed E-state index contributed by atoms with van der Waals surface area (Å²) in [5.74, 6) is -0.588. The second-order valence-electron chi connectivity index (χ2n) is 4.02. The van der Waals surface area contributed by atoms with Crippen LogP contribution >= 0.6 is 0 Å². The Bertz CT molecular complexity index is 330. The summed E-state index contributed by atoms with van der Waals surface area (Å²) in [6, 6.07) is -1.05. The zero-order valence-corrected chi connectivity index (χ0v) is 10.4. The number of carbonyl (C=O) groups excluding carboxylic acids is 3. The van der Waals surface area contributed by atoms with E-state index < -0.39 is 12.1 Å². The SMILES string of the molecule is CCNC(=O)C(C)NC1CC(=O)N(CC)C1=O. The van der Waals surface area contributed by atoms with Gasteiger partial charge in [0.2, 0.25) is 17.7 Å². The van der Waals surface area contributed by atoms with Gasteiger partial charge in [-0.2, -0.15) is 0 Å². The molecule has 0 radical (unpaired) electrons. The number of carbonyl (C=O) groups is 3. The molecule has 0 aromatic heterocycles. The van der Waals surface area contributed by atoms with Gasteiger partial charge in [0.15, 0.2) is 0 Å². The van der Waals surface area contributed by atoms with Gasteiger partial charge in [-0.25, -0.2) is 0 Å². The van der Waals surface area contributed by atoms with Crippen molar-refractivity contribution >= 4 is 17.7 Å². The highest BCUT2D eigenvalue weighted by molar-refractivity contribution is 6.05. The van der Waals surface area contributed by atoms with Crippen molar-refractivity contribution in [3.63, 3.8) is 0 Å². The number of rotatable bonds is 5. The maximum atomic E-state index is 11.8. The Morgan fingerprint density at radius 3 is 2.59 bits per heavy atom. The average molecular weight is 241 g/mol. The summed E-state index contributed by atoms with van der Waals surface area (Å²) in [4.78, 5) is 35.9. The summed E-state index contributed by atoms with van der Waals surface area (Å²) in [5, 5.41) is 5.54. The molecule has 0 aromatic carbocycles. The van der Waals surface area contributed by atoms with Crippen LogP contribution in [0.1, 0.15) is 27.2 Å². The fourth-order valence-electron chi connectivity index (χ4n) is 1.85. The number of amides is 3. The quantitative estimate of drug-likeness (QED) is 0.621. The molecule has 1 saturated heterocycles. The highest BCUT2D eigenvalue weighted by atomic mass is 16.2. The maximum absolute atomic E-state index is 11.8. The lowest BCUT2D eigenvalue weighted by molar-refractivity contribution is -0.138. The van der Waals surface area contributed by atoms with Crippen LogP contribution in [-0.4, -0.2) is 47.8 Å². The molecule has 1 rings (SSSR count). The lowest BCUT2D eigenvalue weighted by Gasteiger charge is -2.17. The molecule has 0 aromatic rings. The summed E-state index contributed by atoms with van der Waals surface area (Å²) in [7, 11) is 0. The number of nitrogens with one attached hydrogen (secondary N) is 2. The van der Waals surface area contributed by atoms with Gasteiger partial charge in [-0.1, -0.05) is 0 Å². The molecular weight excluding hydrogens is 222 g/mol. The Morgan fingerprint density at radius 1 is 1.47 bits per heavy atom. The van der Waals surface area contributed by atoms with Gasteiger partial charge < -0.3 is 5.32 Å². The molecule has 1 heterocycles. The fraction of sp³-hybridized carbons (Fsp3) is 0.727. The zero-order valence-electron chi connectivity index (χ0n) is 10.4. The van der Waals surface area contributed by atoms with Crippen molar-refractivity contribution < 1.29 is 14.4 Å². The van der Waals surface area contributed by atoms with E-state index >= 15 is 0 Å². The van der Waals surface area contributed by atoms with Gasteiger partial charge in [-0.3, -0.25) is 24.6 Å². The van der Waals surface area contributed by atoms with Gasteiger partial charge >= 0.3 is 0 Å². The lowest BCUT2D eigenvalue weighted by Crippen LogP contribution is -2.49. The Balaban J connectivity index is 2.56. The summed E-state index contributed by atoms with van der Waals surface area (Å²) in [6.07, 6.45) is 0.135. The van der Waals surface area contributed by atoms with Gasteiger partial charge in [0.25, 0.3) is 0 Å². The van der Waals surface area contributed by atoms with Crippen LogP contribution in [0.3, 0.4) is 0 Å². The first kappa shape index (κ1) is 13.6. The van der Waals surface area contributed by atoms with Gasteiger partial charge in [-0.15, -0.1) is 0 Å². The third-order valence-electron chi connectivity index (χ3n) is 2.76. The molecule has 0 spiro atoms. The molecule has 1 fully saturated rings. The van der Waals surface area contributed by atoms with E-state index in [0.29, 0.717) is 13.1 Å². The number of hydrogen-bond donors (Lipinski definition) is 2. The molecule has 6 heteroatoms. The van der Waals surface area contributed by atoms with Crippen LogP contribution in [0.5, 0.6) is 0 Å². The molecule has 17 heavy (non-hydrogen) atoms. The summed E-state index contributed by atoms with van der Waals surface area (Å²) < 4.78 is 0. The molecular formula is C11H19N3O3. The van der Waals surface area contributed by atoms with Gasteiger partial charge in [-0.05, 0) is 20.8 Å². The highest BCUT2D eigenvalue weighted by Crippen LogP contribution is 2.12. The number of imide groups is 1. The van der Waals surface area contributed by atoms with E-state index in [1.54, 1.807) is 13.8 Å². The van der Waals surface area contributed by atoms with Gasteiger partial charge in [0.05, 0.1) is 18.5 Å². The molecule has 2 unspecified atom stereocenters. The number of hydrogen-bond acceptors (Lipinski definition) is 4. The van der Waals surface area contributed by atoms with Crippen molar-refractivity contribution in [3.05, 3.63) is 0 Å². The van der Waals surface area contributed by atoms with E-state index in [1.165, 1.54) is 4.90 Å². The van der Waals surface area contributed by atoms with E-state index in [9.17, 15) is 14.4 Å². The van der Waals surface area contributed by atoms with E-state index in [-0.39, 0.29) is 24.1 Å². The Hall–Kier alpha value is -1.43. The smallest absolute Gasteiger partial charge is 0.246 e. The molecule has 0 bridgehead atoms. The highest BCUT2D eigenvalue weighted by Gasteiger charge is 2.38. The van der Waals surface area contributed by atoms with Crippen LogP contribution in [0, 0.1) is 0 Å². The first-order valence-electron chi connectivity index (χ1n) is 5.89. The minimum absolute atomic E-state index is 0.135. The standard InChI is InChI=1S/C11H19N3O3/c1-4-12-10(16)7(3)13-8-6-9(15)14(5-2)11(8)17/h7-8,13H,4-6H2,1-3H3,(H,12,16). The van der Waals surface area contributed by atoms with Crippen molar-refractivity contribution in [3.8, 4) is 0 Å². The number of nitrogens with zero attached hydrogens (tertiary/aromatic N) is 1. The van der Waals surface area contributed by atoms with E-state index in [1.807, 2.05) is 6.92 Å². The first-order chi connectivity index (χ1) is 8.01. The minimum atomic E-state index is -0.569. The molecule has 0 aliphatic carbocycles. The van der Waals surface area contributed by atoms with Crippen molar-refractivity contribution in [1.29, 1.82) is 0 Å². The minimum Gasteiger partial charge on any atom is -0.355 e. The summed E-state index contributed by atoms with van der Waals surface area (Å²) in [6.45, 7) is 6.19. The Labute approximate surface area is 101 Å². The lowest BCUT2D eigenvalue weighted by atomic mass is 10.2. The molecule has 2 atom stereocenters. The average Bonchev–Trinajstić information content (AvgIpc) is 2.54. The Morgan fingerprint density at radius 2 is 2.12 bits per heavy atom. The number of likely N-dealkylation sites (N-methyl/N-ethyl adjacent to an activating group) is 2. The van der Waals surface area contributed by atoms with Gasteiger partial charge in [0, 0.05) is 13.1 Å². The Kier molecular flexibility index (Phi) is 4.62. The summed E-state index contributed by atoms with van der Waals surface area (Å²) in [5.41, 5.74) is 0. The van der Waals surface area contributed by atoms with Crippen LogP contribution in [0.25, 0.3) is 0 Å². The predicted octanol–water partition coefficient (Wildman–Crippen LogP) is -0.752. The van der Waals surface area contributed by atoms with Crippen molar-refractivity contribution in [2.45, 2.75) is 39.3 Å². The third-order valence-corrected chi connectivity index (χ3v) is 2.76. The molecule has 3 amide bonds. The number of likely N-dealkylation sites (tertiary alicyclic amines) is 1. The third kappa shape index (κ3) is 3.03. The molecule has 2 N–H and O–H groups in total. The molecule has 96 valence electrons. The molecule has 1 aliphatic heterocycles. The predicted molar refractivity (Wildman–Crippen MR) is 62.1 cm³/mol. The van der Waals surface area contributed by atoms with Crippen LogP contribution in [0.2, 0.25) is 0 Å². The normalized spacial score (nSPS) is 21.8. The van der Waals surface area contributed by atoms with E-state index in [2.05, 4.69) is 10.6 Å². The van der Waals surface area contributed by atoms with Crippen molar-refractivity contribution in [2.75, 3.05) is 13.1 Å². The van der Waals surface area contributed by atoms with Crippen molar-refractivity contribution in [2.24, 2.45) is 0 Å². The molecule has 6 nitrogen and oxygen atoms in total. The summed E-state index contributed by atoms with van der Waals surface area (Å²) >= 11 is 0. The monoisotopic (exact) mass is 241 g/mol. The van der Waals surface area contributed by atoms with Crippen LogP contribution < -0.4 is 10.6 Å². The zero-order chi connectivity index (χ0) is 13.0. The van der Waals surface area contributed by atoms with Crippen LogP contribution in [-0.2, 0) is 14.4 Å². The van der Waals surface area contributed by atoms with Crippen LogP contribution in [0.4, 0.5) is 0 Å². The largest absolute Gasteiger partial charge is 0.355 e. The van der Waals surface area contributed by atoms with E-state index in [0.717, 1.165) is 0 Å². The molecule has 0 saturated carbocycles. The first-order valence-corrected chi connectivity index (χ1v) is 5.89. The maximum Gasteiger partial charge on any atom is 0.246 e. The molecule has 1 aliphatic rings. The van der Waals surface area contributed by atoms with Crippen LogP contribution in [0.15, 0.2) is 0 Å². The van der Waals surface area contributed by atoms with E-state index in [4.69, 9.17) is 0 Å². The second-order valence-corrected chi connectivity index (χ2v) is 4.02.